The second kappa shape index (κ2) is 8.59. The summed E-state index contributed by atoms with van der Waals surface area (Å²) >= 11 is 0.897. The molecule has 3 N–H and O–H groups in total. The highest BCUT2D eigenvalue weighted by atomic mass is 32.2. The molecule has 3 rings (SSSR count). The normalized spacial score (nSPS) is 14.3. The lowest BCUT2D eigenvalue weighted by atomic mass is 10.4. The van der Waals surface area contributed by atoms with Gasteiger partial charge in [0.05, 0.1) is 18.1 Å². The van der Waals surface area contributed by atoms with Gasteiger partial charge < -0.3 is 15.5 Å². The van der Waals surface area contributed by atoms with Crippen LogP contribution in [-0.2, 0) is 14.8 Å². The van der Waals surface area contributed by atoms with Crippen LogP contribution in [0.25, 0.3) is 0 Å². The van der Waals surface area contributed by atoms with Crippen molar-refractivity contribution in [1.82, 2.24) is 19.9 Å². The van der Waals surface area contributed by atoms with Crippen LogP contribution in [0.15, 0.2) is 22.7 Å². The van der Waals surface area contributed by atoms with Gasteiger partial charge in [0.2, 0.25) is 5.91 Å². The second-order valence-corrected chi connectivity index (χ2v) is 9.01. The summed E-state index contributed by atoms with van der Waals surface area (Å²) in [5, 5.41) is 13.8. The zero-order valence-electron chi connectivity index (χ0n) is 14.8. The van der Waals surface area contributed by atoms with E-state index in [9.17, 15) is 13.2 Å². The Bertz CT molecular complexity index is 894. The zero-order valence-corrected chi connectivity index (χ0v) is 16.4. The minimum atomic E-state index is -3.68. The molecule has 3 heterocycles. The minimum Gasteiger partial charge on any atom is -0.370 e. The van der Waals surface area contributed by atoms with Crippen LogP contribution in [0.4, 0.5) is 16.6 Å². The van der Waals surface area contributed by atoms with Crippen molar-refractivity contribution in [3.8, 4) is 0 Å². The van der Waals surface area contributed by atoms with E-state index in [1.807, 2.05) is 6.07 Å². The van der Waals surface area contributed by atoms with Gasteiger partial charge in [0.15, 0.2) is 15.2 Å². The number of nitrogens with one attached hydrogen (secondary N) is 3. The highest BCUT2D eigenvalue weighted by Crippen LogP contribution is 2.22. The second-order valence-electron chi connectivity index (χ2n) is 5.98. The average Bonchev–Trinajstić information content (AvgIpc) is 3.31. The number of carbonyl (C=O) groups is 1. The molecule has 0 saturated carbocycles. The maximum atomic E-state index is 12.3. The number of carbonyl (C=O) groups excluding carboxylic acids is 1. The molecule has 1 saturated heterocycles. The van der Waals surface area contributed by atoms with Gasteiger partial charge in [-0.2, -0.15) is 5.10 Å². The molecule has 0 spiro atoms. The molecule has 1 fully saturated rings. The van der Waals surface area contributed by atoms with Gasteiger partial charge in [-0.1, -0.05) is 11.3 Å². The number of rotatable bonds is 8. The first-order valence-corrected chi connectivity index (χ1v) is 10.8. The van der Waals surface area contributed by atoms with Gasteiger partial charge in [0.1, 0.15) is 0 Å². The fourth-order valence-electron chi connectivity index (χ4n) is 2.63. The summed E-state index contributed by atoms with van der Waals surface area (Å²) in [4.78, 5) is 17.1. The molecule has 0 aromatic carbocycles. The van der Waals surface area contributed by atoms with Gasteiger partial charge in [-0.15, -0.1) is 5.10 Å². The monoisotopic (exact) mass is 411 g/mol. The van der Waals surface area contributed by atoms with Gasteiger partial charge in [-0.3, -0.25) is 4.79 Å². The van der Waals surface area contributed by atoms with E-state index in [0.29, 0.717) is 12.4 Å². The first-order valence-electron chi connectivity index (χ1n) is 8.49. The van der Waals surface area contributed by atoms with E-state index in [1.165, 1.54) is 26.0 Å². The van der Waals surface area contributed by atoms with E-state index in [4.69, 9.17) is 0 Å². The van der Waals surface area contributed by atoms with E-state index in [1.54, 1.807) is 6.20 Å². The van der Waals surface area contributed by atoms with Crippen LogP contribution in [-0.4, -0.2) is 55.7 Å². The quantitative estimate of drug-likeness (QED) is 0.546. The van der Waals surface area contributed by atoms with Crippen LogP contribution in [0.1, 0.15) is 19.8 Å². The molecular weight excluding hydrogens is 390 g/mol. The summed E-state index contributed by atoms with van der Waals surface area (Å²) in [5.74, 6) is 0.298. The molecule has 1 aliphatic heterocycles. The van der Waals surface area contributed by atoms with Crippen LogP contribution >= 0.6 is 11.3 Å². The summed E-state index contributed by atoms with van der Waals surface area (Å²) in [6, 6.07) is 1.91. The molecular formula is C15H21N7O3S2. The van der Waals surface area contributed by atoms with Crippen LogP contribution in [0.5, 0.6) is 0 Å². The number of hydrogen-bond acceptors (Lipinski definition) is 9. The van der Waals surface area contributed by atoms with Gasteiger partial charge in [0, 0.05) is 39.2 Å². The molecule has 0 atom stereocenters. The third-order valence-electron chi connectivity index (χ3n) is 3.87. The molecule has 1 aliphatic rings. The summed E-state index contributed by atoms with van der Waals surface area (Å²) < 4.78 is 27.0. The number of nitrogens with zero attached hydrogens (tertiary/aromatic N) is 4. The topological polar surface area (TPSA) is 129 Å². The number of hydrogen-bond donors (Lipinski definition) is 3. The van der Waals surface area contributed by atoms with E-state index >= 15 is 0 Å². The Morgan fingerprint density at radius 1 is 1.26 bits per heavy atom. The minimum absolute atomic E-state index is 0.0436. The molecule has 0 unspecified atom stereocenters. The van der Waals surface area contributed by atoms with Crippen molar-refractivity contribution in [3.63, 3.8) is 0 Å². The molecule has 10 nitrogen and oxygen atoms in total. The summed E-state index contributed by atoms with van der Waals surface area (Å²) in [5.41, 5.74) is 1.01. The molecule has 1 amide bonds. The highest BCUT2D eigenvalue weighted by Gasteiger charge is 2.18. The van der Waals surface area contributed by atoms with Crippen LogP contribution in [0.2, 0.25) is 0 Å². The standard InChI is InChI=1S/C15H21N7O3S2/c1-11(23)20-15-17-10-14(26-15)27(24,25)19-5-4-16-13-8-12(9-18-21-13)22-6-2-3-7-22/h8-10,19H,2-7H2,1H3,(H,16,21)(H,17,20,23). The average molecular weight is 412 g/mol. The van der Waals surface area contributed by atoms with Crippen LogP contribution < -0.4 is 20.3 Å². The number of thiazole rings is 1. The number of amides is 1. The van der Waals surface area contributed by atoms with E-state index in [2.05, 4.69) is 35.4 Å². The molecule has 27 heavy (non-hydrogen) atoms. The van der Waals surface area contributed by atoms with Crippen molar-refractivity contribution < 1.29 is 13.2 Å². The molecule has 2 aromatic heterocycles. The maximum Gasteiger partial charge on any atom is 0.251 e. The third-order valence-corrected chi connectivity index (χ3v) is 6.70. The number of aromatic nitrogens is 3. The van der Waals surface area contributed by atoms with Gasteiger partial charge >= 0.3 is 0 Å². The predicted octanol–water partition coefficient (Wildman–Crippen LogP) is 0.882. The summed E-state index contributed by atoms with van der Waals surface area (Å²) in [6.45, 7) is 3.89. The molecule has 0 aliphatic carbocycles. The SMILES string of the molecule is CC(=O)Nc1ncc(S(=O)(=O)NCCNc2cc(N3CCCC3)cnn2)s1. The van der Waals surface area contributed by atoms with Crippen molar-refractivity contribution in [2.45, 2.75) is 24.0 Å². The first kappa shape index (κ1) is 19.5. The molecule has 12 heteroatoms. The van der Waals surface area contributed by atoms with Crippen molar-refractivity contribution in [2.75, 3.05) is 41.7 Å². The largest absolute Gasteiger partial charge is 0.370 e. The fraction of sp³-hybridized carbons (Fsp3) is 0.467. The predicted molar refractivity (Wildman–Crippen MR) is 104 cm³/mol. The Morgan fingerprint density at radius 3 is 2.78 bits per heavy atom. The Hall–Kier alpha value is -2.31. The Labute approximate surface area is 161 Å². The smallest absolute Gasteiger partial charge is 0.251 e. The fourth-order valence-corrected chi connectivity index (χ4v) is 4.78. The first-order chi connectivity index (χ1) is 12.9. The molecule has 0 bridgehead atoms. The van der Waals surface area contributed by atoms with Gasteiger partial charge in [-0.25, -0.2) is 18.1 Å². The lowest BCUT2D eigenvalue weighted by Gasteiger charge is -2.17. The molecule has 0 radical (unpaired) electrons. The van der Waals surface area contributed by atoms with Crippen LogP contribution in [0, 0.1) is 0 Å². The molecule has 2 aromatic rings. The van der Waals surface area contributed by atoms with Gasteiger partial charge in [-0.05, 0) is 12.8 Å². The Kier molecular flexibility index (Phi) is 6.19. The maximum absolute atomic E-state index is 12.3. The Morgan fingerprint density at radius 2 is 2.04 bits per heavy atom. The summed E-state index contributed by atoms with van der Waals surface area (Å²) in [6.07, 6.45) is 5.30. The third kappa shape index (κ3) is 5.34. The lowest BCUT2D eigenvalue weighted by Crippen LogP contribution is -2.28. The Balaban J connectivity index is 1.50. The summed E-state index contributed by atoms with van der Waals surface area (Å²) in [7, 11) is -3.68. The molecule has 146 valence electrons. The van der Waals surface area contributed by atoms with E-state index in [0.717, 1.165) is 30.1 Å². The van der Waals surface area contributed by atoms with E-state index < -0.39 is 10.0 Å². The van der Waals surface area contributed by atoms with Crippen molar-refractivity contribution in [1.29, 1.82) is 0 Å². The van der Waals surface area contributed by atoms with Crippen molar-refractivity contribution in [2.24, 2.45) is 0 Å². The van der Waals surface area contributed by atoms with Crippen LogP contribution in [0.3, 0.4) is 0 Å². The van der Waals surface area contributed by atoms with Gasteiger partial charge in [0.25, 0.3) is 10.0 Å². The zero-order chi connectivity index (χ0) is 19.3. The van der Waals surface area contributed by atoms with Crippen molar-refractivity contribution >= 4 is 43.9 Å². The highest BCUT2D eigenvalue weighted by molar-refractivity contribution is 7.91. The number of sulfonamides is 1. The van der Waals surface area contributed by atoms with E-state index in [-0.39, 0.29) is 21.8 Å². The number of anilines is 3. The lowest BCUT2D eigenvalue weighted by molar-refractivity contribution is -0.114. The van der Waals surface area contributed by atoms with Crippen molar-refractivity contribution in [3.05, 3.63) is 18.5 Å².